The van der Waals surface area contributed by atoms with Crippen LogP contribution in [-0.2, 0) is 4.79 Å². The van der Waals surface area contributed by atoms with E-state index in [0.717, 1.165) is 6.92 Å². The lowest BCUT2D eigenvalue weighted by atomic mass is 10.9. The Morgan fingerprint density at radius 2 is 1.62 bits per heavy atom. The molecule has 5 N–H and O–H groups in total. The van der Waals surface area contributed by atoms with Gasteiger partial charge in [0.25, 0.3) is 5.97 Å². The first kappa shape index (κ1) is 15.7. The number of carboxylic acids is 1. The third kappa shape index (κ3) is 279. The molecular weight excluding hydrogens is 110 g/mol. The Kier molecular flexibility index (Phi) is 31.6. The van der Waals surface area contributed by atoms with Gasteiger partial charge in [0.2, 0.25) is 0 Å². The van der Waals surface area contributed by atoms with Crippen molar-refractivity contribution in [3.63, 3.8) is 0 Å². The smallest absolute Gasteiger partial charge is 0.300 e. The Balaban J connectivity index is -0.0000000575. The fourth-order valence-corrected chi connectivity index (χ4v) is 0. The summed E-state index contributed by atoms with van der Waals surface area (Å²) in [7, 11) is 0. The first-order chi connectivity index (χ1) is 3.15. The monoisotopic (exact) mass is 123 g/mol. The van der Waals surface area contributed by atoms with Gasteiger partial charge in [0, 0.05) is 13.5 Å². The summed E-state index contributed by atoms with van der Waals surface area (Å²) in [6, 6.07) is 0. The van der Waals surface area contributed by atoms with Crippen molar-refractivity contribution in [2.75, 3.05) is 6.61 Å². The van der Waals surface area contributed by atoms with Gasteiger partial charge in [-0.1, -0.05) is 0 Å². The lowest BCUT2D eigenvalue weighted by Gasteiger charge is -1.59. The number of aliphatic carboxylic acids is 1. The minimum atomic E-state index is -0.833. The number of aliphatic hydroxyl groups is 1. The van der Waals surface area contributed by atoms with E-state index in [1.807, 2.05) is 0 Å². The van der Waals surface area contributed by atoms with Gasteiger partial charge in [0.05, 0.1) is 0 Å². The van der Waals surface area contributed by atoms with Gasteiger partial charge in [-0.2, -0.15) is 0 Å². The average Bonchev–Trinajstić information content (AvgIpc) is 1.33. The molecule has 0 fully saturated rings. The van der Waals surface area contributed by atoms with Crippen LogP contribution in [0.1, 0.15) is 13.8 Å². The highest BCUT2D eigenvalue weighted by molar-refractivity contribution is 5.62. The number of carbonyl (C=O) groups is 1. The molecule has 0 saturated heterocycles. The summed E-state index contributed by atoms with van der Waals surface area (Å²) >= 11 is 0. The van der Waals surface area contributed by atoms with Crippen LogP contribution in [0.2, 0.25) is 0 Å². The van der Waals surface area contributed by atoms with Crippen LogP contribution in [-0.4, -0.2) is 22.8 Å². The highest BCUT2D eigenvalue weighted by Gasteiger charge is 1.65. The fraction of sp³-hybridized carbons (Fsp3) is 0.750. The summed E-state index contributed by atoms with van der Waals surface area (Å²) in [5.41, 5.74) is 0. The molecule has 0 aromatic carbocycles. The van der Waals surface area contributed by atoms with E-state index in [-0.39, 0.29) is 12.8 Å². The summed E-state index contributed by atoms with van der Waals surface area (Å²) in [5, 5.41) is 15.0. The molecule has 0 aliphatic rings. The van der Waals surface area contributed by atoms with Crippen LogP contribution in [0.15, 0.2) is 0 Å². The van der Waals surface area contributed by atoms with Crippen molar-refractivity contribution in [2.24, 2.45) is 0 Å². The quantitative estimate of drug-likeness (QED) is 0.430. The van der Waals surface area contributed by atoms with Gasteiger partial charge in [0.1, 0.15) is 0 Å². The molecule has 4 nitrogen and oxygen atoms in total. The van der Waals surface area contributed by atoms with E-state index in [9.17, 15) is 0 Å². The van der Waals surface area contributed by atoms with E-state index in [2.05, 4.69) is 0 Å². The van der Waals surface area contributed by atoms with E-state index < -0.39 is 5.97 Å². The highest BCUT2D eigenvalue weighted by Crippen LogP contribution is 1.42. The van der Waals surface area contributed by atoms with E-state index >= 15 is 0 Å². The number of hydrogen-bond donors (Lipinski definition) is 3. The van der Waals surface area contributed by atoms with Gasteiger partial charge >= 0.3 is 0 Å². The van der Waals surface area contributed by atoms with Crippen molar-refractivity contribution in [2.45, 2.75) is 13.8 Å². The van der Waals surface area contributed by atoms with Crippen LogP contribution in [0.25, 0.3) is 0 Å². The molecule has 0 heterocycles. The largest absolute Gasteiger partial charge is 0.481 e. The van der Waals surface area contributed by atoms with Gasteiger partial charge in [-0.25, -0.2) is 0 Å². The predicted octanol–water partition coefficient (Wildman–Crippen LogP) is 0.251. The molecule has 0 amide bonds. The Hall–Kier alpha value is -0.610. The minimum Gasteiger partial charge on any atom is -0.481 e. The first-order valence-corrected chi connectivity index (χ1v) is 1.95. The number of rotatable bonds is 0. The molecular formula is C4H13NO3. The number of carboxylic acid groups (broad SMARTS) is 1. The minimum absolute atomic E-state index is 0. The molecule has 52 valence electrons. The van der Waals surface area contributed by atoms with E-state index in [4.69, 9.17) is 15.0 Å². The molecule has 8 heavy (non-hydrogen) atoms. The average molecular weight is 123 g/mol. The van der Waals surface area contributed by atoms with E-state index in [1.165, 1.54) is 0 Å². The van der Waals surface area contributed by atoms with Crippen LogP contribution in [0.3, 0.4) is 0 Å². The molecule has 0 saturated carbocycles. The molecule has 0 rings (SSSR count). The van der Waals surface area contributed by atoms with Crippen LogP contribution in [0, 0.1) is 0 Å². The molecule has 0 spiro atoms. The maximum Gasteiger partial charge on any atom is 0.300 e. The van der Waals surface area contributed by atoms with Crippen LogP contribution in [0.4, 0.5) is 0 Å². The fourth-order valence-electron chi connectivity index (χ4n) is 0. The summed E-state index contributed by atoms with van der Waals surface area (Å²) in [5.74, 6) is -0.833. The Morgan fingerprint density at radius 1 is 1.62 bits per heavy atom. The Labute approximate surface area is 48.7 Å². The van der Waals surface area contributed by atoms with Crippen molar-refractivity contribution in [3.05, 3.63) is 0 Å². The number of aliphatic hydroxyl groups excluding tert-OH is 1. The molecule has 0 aliphatic carbocycles. The second kappa shape index (κ2) is 16.2. The second-order valence-electron chi connectivity index (χ2n) is 0.835. The van der Waals surface area contributed by atoms with E-state index in [1.54, 1.807) is 6.92 Å². The topological polar surface area (TPSA) is 92.5 Å². The Morgan fingerprint density at radius 3 is 1.62 bits per heavy atom. The molecule has 0 radical (unpaired) electrons. The zero-order valence-electron chi connectivity index (χ0n) is 5.22. The van der Waals surface area contributed by atoms with Gasteiger partial charge in [-0.15, -0.1) is 0 Å². The third-order valence-corrected chi connectivity index (χ3v) is 0. The standard InChI is InChI=1S/C2H4O2.C2H6O.H3N/c1-2(3)4;1-2-3;/h1H3,(H,3,4);3H,2H2,1H3;1H3. The molecule has 0 atom stereocenters. The summed E-state index contributed by atoms with van der Waals surface area (Å²) in [6.45, 7) is 3.01. The maximum absolute atomic E-state index is 9.00. The lowest BCUT2D eigenvalue weighted by Crippen LogP contribution is -1.78. The van der Waals surface area contributed by atoms with Gasteiger partial charge in [0.15, 0.2) is 0 Å². The van der Waals surface area contributed by atoms with Crippen molar-refractivity contribution < 1.29 is 15.0 Å². The summed E-state index contributed by atoms with van der Waals surface area (Å²) < 4.78 is 0. The second-order valence-corrected chi connectivity index (χ2v) is 0.835. The molecule has 0 aromatic rings. The van der Waals surface area contributed by atoms with Crippen molar-refractivity contribution in [3.8, 4) is 0 Å². The molecule has 0 aromatic heterocycles. The zero-order chi connectivity index (χ0) is 6.28. The molecule has 0 aliphatic heterocycles. The predicted molar refractivity (Wildman–Crippen MR) is 31.1 cm³/mol. The van der Waals surface area contributed by atoms with Gasteiger partial charge < -0.3 is 16.4 Å². The van der Waals surface area contributed by atoms with Crippen LogP contribution < -0.4 is 6.15 Å². The van der Waals surface area contributed by atoms with E-state index in [0.29, 0.717) is 0 Å². The lowest BCUT2D eigenvalue weighted by molar-refractivity contribution is -0.134. The normalized spacial score (nSPS) is 5.38. The van der Waals surface area contributed by atoms with Crippen molar-refractivity contribution in [1.82, 2.24) is 6.15 Å². The summed E-state index contributed by atoms with van der Waals surface area (Å²) in [4.78, 5) is 9.00. The maximum atomic E-state index is 9.00. The van der Waals surface area contributed by atoms with Gasteiger partial charge in [-0.05, 0) is 6.92 Å². The summed E-state index contributed by atoms with van der Waals surface area (Å²) in [6.07, 6.45) is 0. The van der Waals surface area contributed by atoms with Crippen molar-refractivity contribution in [1.29, 1.82) is 0 Å². The number of hydrogen-bond acceptors (Lipinski definition) is 3. The zero-order valence-corrected chi connectivity index (χ0v) is 5.22. The molecule has 0 bridgehead atoms. The Bertz CT molecular complexity index is 42.5. The van der Waals surface area contributed by atoms with Crippen molar-refractivity contribution >= 4 is 5.97 Å². The third-order valence-electron chi connectivity index (χ3n) is 0. The SMILES string of the molecule is CC(=O)O.CCO.N. The van der Waals surface area contributed by atoms with Gasteiger partial charge in [-0.3, -0.25) is 4.79 Å². The van der Waals surface area contributed by atoms with Crippen LogP contribution in [0.5, 0.6) is 0 Å². The molecule has 4 heteroatoms. The first-order valence-electron chi connectivity index (χ1n) is 1.95. The molecule has 0 unspecified atom stereocenters. The highest BCUT2D eigenvalue weighted by atomic mass is 16.4. The van der Waals surface area contributed by atoms with Crippen LogP contribution >= 0.6 is 0 Å².